The molecule has 1 atom stereocenters. The zero-order valence-electron chi connectivity index (χ0n) is 22.0. The molecule has 3 aromatic carbocycles. The zero-order valence-corrected chi connectivity index (χ0v) is 24.3. The second kappa shape index (κ2) is 11.4. The van der Waals surface area contributed by atoms with Crippen molar-refractivity contribution in [2.45, 2.75) is 58.6 Å². The number of alkyl halides is 3. The number of hydrogen-bond donors (Lipinski definition) is 1. The summed E-state index contributed by atoms with van der Waals surface area (Å²) >= 11 is 9.65. The van der Waals surface area contributed by atoms with E-state index < -0.39 is 12.1 Å². The normalized spacial score (nSPS) is 13.2. The summed E-state index contributed by atoms with van der Waals surface area (Å²) in [4.78, 5) is 18.1. The Bertz CT molecular complexity index is 1530. The first-order valence-electron chi connectivity index (χ1n) is 12.4. The van der Waals surface area contributed by atoms with Crippen LogP contribution in [0.4, 0.5) is 13.2 Å². The minimum atomic E-state index is -4.84. The summed E-state index contributed by atoms with van der Waals surface area (Å²) in [5.74, 6) is -0.457. The van der Waals surface area contributed by atoms with Gasteiger partial charge in [-0.25, -0.2) is 0 Å². The minimum absolute atomic E-state index is 0.00908. The van der Waals surface area contributed by atoms with Crippen molar-refractivity contribution in [2.75, 3.05) is 0 Å². The number of rotatable bonds is 7. The van der Waals surface area contributed by atoms with Gasteiger partial charge in [0, 0.05) is 34.7 Å². The summed E-state index contributed by atoms with van der Waals surface area (Å²) in [6.07, 6.45) is -4.84. The van der Waals surface area contributed by atoms with Crippen molar-refractivity contribution in [3.8, 4) is 5.75 Å². The van der Waals surface area contributed by atoms with E-state index in [1.807, 2.05) is 31.2 Å². The maximum atomic E-state index is 13.0. The maximum Gasteiger partial charge on any atom is 0.573 e. The van der Waals surface area contributed by atoms with Gasteiger partial charge in [-0.1, -0.05) is 78.6 Å². The average Bonchev–Trinajstić information content (AvgIpc) is 2.84. The molecule has 0 spiro atoms. The van der Waals surface area contributed by atoms with Crippen LogP contribution in [-0.2, 0) is 18.5 Å². The number of ether oxygens (including phenoxy) is 1. The summed E-state index contributed by atoms with van der Waals surface area (Å²) in [7, 11) is 0. The lowest BCUT2D eigenvalue weighted by Gasteiger charge is -2.30. The fourth-order valence-electron chi connectivity index (χ4n) is 4.43. The number of benzene rings is 3. The van der Waals surface area contributed by atoms with Gasteiger partial charge < -0.3 is 9.72 Å². The van der Waals surface area contributed by atoms with Crippen LogP contribution in [0.1, 0.15) is 56.0 Å². The van der Waals surface area contributed by atoms with E-state index in [1.54, 1.807) is 6.07 Å². The molecule has 0 fully saturated rings. The van der Waals surface area contributed by atoms with Gasteiger partial charge >= 0.3 is 6.36 Å². The molecular formula is C30H29BrClF3N2O2. The van der Waals surface area contributed by atoms with Crippen LogP contribution in [0.25, 0.3) is 10.9 Å². The Morgan fingerprint density at radius 2 is 1.67 bits per heavy atom. The van der Waals surface area contributed by atoms with Gasteiger partial charge in [0.25, 0.3) is 5.56 Å². The van der Waals surface area contributed by atoms with E-state index in [-0.39, 0.29) is 22.0 Å². The Kier molecular flexibility index (Phi) is 8.50. The highest BCUT2D eigenvalue weighted by molar-refractivity contribution is 9.10. The molecule has 0 aliphatic heterocycles. The predicted molar refractivity (Wildman–Crippen MR) is 153 cm³/mol. The molecule has 0 aliphatic rings. The van der Waals surface area contributed by atoms with Crippen LogP contribution in [0.15, 0.2) is 76.0 Å². The van der Waals surface area contributed by atoms with Gasteiger partial charge in [-0.3, -0.25) is 9.69 Å². The molecule has 1 aromatic heterocycles. The Morgan fingerprint density at radius 1 is 0.974 bits per heavy atom. The molecule has 206 valence electrons. The largest absolute Gasteiger partial charge is 0.573 e. The van der Waals surface area contributed by atoms with Crippen LogP contribution >= 0.6 is 27.5 Å². The number of aromatic amines is 1. The molecular weight excluding hydrogens is 593 g/mol. The SMILES string of the molecule is CC(c1ccc(OC(F)(F)F)c(Cl)c1)N(Cc1ccc(C(C)(C)C)cc1)Cc1cc2cc(Br)ccc2[nH]c1=O. The van der Waals surface area contributed by atoms with E-state index in [4.69, 9.17) is 11.6 Å². The van der Waals surface area contributed by atoms with Gasteiger partial charge in [-0.15, -0.1) is 13.2 Å². The van der Waals surface area contributed by atoms with Gasteiger partial charge in [0.15, 0.2) is 0 Å². The van der Waals surface area contributed by atoms with Crippen molar-refractivity contribution in [3.63, 3.8) is 0 Å². The molecule has 1 N–H and O–H groups in total. The lowest BCUT2D eigenvalue weighted by atomic mass is 9.86. The lowest BCUT2D eigenvalue weighted by Crippen LogP contribution is -2.29. The Balaban J connectivity index is 1.69. The fraction of sp³-hybridized carbons (Fsp3) is 0.300. The number of fused-ring (bicyclic) bond motifs is 1. The van der Waals surface area contributed by atoms with E-state index in [9.17, 15) is 18.0 Å². The van der Waals surface area contributed by atoms with Crippen LogP contribution in [0, 0.1) is 0 Å². The molecule has 1 heterocycles. The van der Waals surface area contributed by atoms with Crippen molar-refractivity contribution in [1.82, 2.24) is 9.88 Å². The molecule has 4 aromatic rings. The summed E-state index contributed by atoms with van der Waals surface area (Å²) < 4.78 is 43.2. The monoisotopic (exact) mass is 620 g/mol. The number of hydrogen-bond acceptors (Lipinski definition) is 3. The smallest absolute Gasteiger partial charge is 0.404 e. The van der Waals surface area contributed by atoms with E-state index in [2.05, 4.69) is 75.6 Å². The second-order valence-electron chi connectivity index (χ2n) is 10.6. The van der Waals surface area contributed by atoms with E-state index in [0.29, 0.717) is 24.2 Å². The van der Waals surface area contributed by atoms with Gasteiger partial charge in [0.2, 0.25) is 0 Å². The third-order valence-corrected chi connectivity index (χ3v) is 7.46. The number of aromatic nitrogens is 1. The van der Waals surface area contributed by atoms with Crippen molar-refractivity contribution in [1.29, 1.82) is 0 Å². The first-order chi connectivity index (χ1) is 18.2. The van der Waals surface area contributed by atoms with Crippen molar-refractivity contribution < 1.29 is 17.9 Å². The van der Waals surface area contributed by atoms with Crippen LogP contribution < -0.4 is 10.3 Å². The lowest BCUT2D eigenvalue weighted by molar-refractivity contribution is -0.274. The topological polar surface area (TPSA) is 45.3 Å². The third-order valence-electron chi connectivity index (χ3n) is 6.67. The molecule has 39 heavy (non-hydrogen) atoms. The maximum absolute atomic E-state index is 13.0. The number of halogens is 5. The molecule has 1 unspecified atom stereocenters. The standard InChI is InChI=1S/C30H29BrClF3N2O2/c1-18(20-7-12-27(25(32)15-20)39-30(33,34)35)37(16-19-5-8-23(9-6-19)29(2,3)4)17-22-13-21-14-24(31)10-11-26(21)36-28(22)38/h5-15,18H,16-17H2,1-4H3,(H,36,38). The summed E-state index contributed by atoms with van der Waals surface area (Å²) in [6.45, 7) is 9.19. The highest BCUT2D eigenvalue weighted by Crippen LogP contribution is 2.34. The Hall–Kier alpha value is -2.81. The number of nitrogens with one attached hydrogen (secondary N) is 1. The molecule has 0 aliphatic carbocycles. The van der Waals surface area contributed by atoms with Crippen molar-refractivity contribution >= 4 is 38.4 Å². The predicted octanol–water partition coefficient (Wildman–Crippen LogP) is 8.90. The molecule has 4 nitrogen and oxygen atoms in total. The highest BCUT2D eigenvalue weighted by atomic mass is 79.9. The summed E-state index contributed by atoms with van der Waals surface area (Å²) in [5, 5.41) is 0.748. The molecule has 0 saturated carbocycles. The van der Waals surface area contributed by atoms with Gasteiger partial charge in [-0.05, 0) is 70.8 Å². The quantitative estimate of drug-likeness (QED) is 0.224. The fourth-order valence-corrected chi connectivity index (χ4v) is 5.03. The van der Waals surface area contributed by atoms with Gasteiger partial charge in [0.05, 0.1) is 5.02 Å². The molecule has 0 saturated heterocycles. The summed E-state index contributed by atoms with van der Waals surface area (Å²) in [5.41, 5.74) is 4.05. The molecule has 4 rings (SSSR count). The second-order valence-corrected chi connectivity index (χ2v) is 11.9. The van der Waals surface area contributed by atoms with E-state index in [0.717, 1.165) is 20.9 Å². The van der Waals surface area contributed by atoms with Crippen molar-refractivity contribution in [2.24, 2.45) is 0 Å². The van der Waals surface area contributed by atoms with Crippen LogP contribution in [0.3, 0.4) is 0 Å². The molecule has 0 radical (unpaired) electrons. The van der Waals surface area contributed by atoms with Crippen LogP contribution in [0.5, 0.6) is 5.75 Å². The minimum Gasteiger partial charge on any atom is -0.404 e. The first-order valence-corrected chi connectivity index (χ1v) is 13.6. The zero-order chi connectivity index (χ0) is 28.5. The Labute approximate surface area is 238 Å². The Morgan fingerprint density at radius 3 is 2.28 bits per heavy atom. The van der Waals surface area contributed by atoms with Crippen LogP contribution in [0.2, 0.25) is 5.02 Å². The molecule has 9 heteroatoms. The van der Waals surface area contributed by atoms with Gasteiger partial charge in [0.1, 0.15) is 5.75 Å². The number of H-pyrrole nitrogens is 1. The van der Waals surface area contributed by atoms with Gasteiger partial charge in [-0.2, -0.15) is 0 Å². The van der Waals surface area contributed by atoms with E-state index >= 15 is 0 Å². The van der Waals surface area contributed by atoms with Crippen molar-refractivity contribution in [3.05, 3.63) is 109 Å². The number of nitrogens with zero attached hydrogens (tertiary/aromatic N) is 1. The molecule has 0 amide bonds. The first kappa shape index (κ1) is 29.2. The average molecular weight is 622 g/mol. The molecule has 0 bridgehead atoms. The highest BCUT2D eigenvalue weighted by Gasteiger charge is 2.32. The number of pyridine rings is 1. The van der Waals surface area contributed by atoms with Crippen LogP contribution in [-0.4, -0.2) is 16.2 Å². The summed E-state index contributed by atoms with van der Waals surface area (Å²) in [6, 6.07) is 19.8. The third kappa shape index (κ3) is 7.44. The van der Waals surface area contributed by atoms with E-state index in [1.165, 1.54) is 17.7 Å².